The normalized spacial score (nSPS) is 26.9. The highest BCUT2D eigenvalue weighted by atomic mass is 32.2. The molecule has 1 unspecified atom stereocenters. The third-order valence-electron chi connectivity index (χ3n) is 1.77. The average Bonchev–Trinajstić information content (AvgIpc) is 1.85. The summed E-state index contributed by atoms with van der Waals surface area (Å²) in [6.07, 6.45) is 0. The first-order chi connectivity index (χ1) is 5.18. The second-order valence-electron chi connectivity index (χ2n) is 3.12. The van der Waals surface area contributed by atoms with E-state index in [0.29, 0.717) is 11.8 Å². The molecule has 0 radical (unpaired) electrons. The molecule has 1 saturated heterocycles. The fourth-order valence-corrected chi connectivity index (χ4v) is 2.43. The Morgan fingerprint density at radius 3 is 3.00 bits per heavy atom. The van der Waals surface area contributed by atoms with E-state index in [0.717, 1.165) is 13.1 Å². The van der Waals surface area contributed by atoms with E-state index in [1.807, 2.05) is 11.8 Å². The molecular formula is C8H15NOS. The van der Waals surface area contributed by atoms with E-state index in [4.69, 9.17) is 0 Å². The second kappa shape index (κ2) is 4.12. The molecule has 2 nitrogen and oxygen atoms in total. The molecule has 0 bridgehead atoms. The smallest absolute Gasteiger partial charge is 0.143 e. The molecule has 1 rings (SSSR count). The van der Waals surface area contributed by atoms with E-state index in [-0.39, 0.29) is 5.78 Å². The van der Waals surface area contributed by atoms with Crippen LogP contribution in [-0.4, -0.2) is 41.3 Å². The van der Waals surface area contributed by atoms with E-state index in [1.54, 1.807) is 6.92 Å². The lowest BCUT2D eigenvalue weighted by Crippen LogP contribution is -2.39. The van der Waals surface area contributed by atoms with Crippen molar-refractivity contribution in [3.05, 3.63) is 0 Å². The number of Topliss-reactive ketones (excluding diaryl/α,β-unsaturated/α-hetero) is 1. The van der Waals surface area contributed by atoms with Crippen LogP contribution in [0.15, 0.2) is 0 Å². The number of carbonyl (C=O) groups is 1. The first-order valence-corrected chi connectivity index (χ1v) is 5.07. The quantitative estimate of drug-likeness (QED) is 0.621. The zero-order chi connectivity index (χ0) is 8.27. The maximum absolute atomic E-state index is 10.8. The average molecular weight is 173 g/mol. The predicted molar refractivity (Wildman–Crippen MR) is 49.0 cm³/mol. The monoisotopic (exact) mass is 173 g/mol. The molecule has 0 saturated carbocycles. The SMILES string of the molecule is CC(=O)CN1CCSC(C)C1. The van der Waals surface area contributed by atoms with E-state index >= 15 is 0 Å². The fraction of sp³-hybridized carbons (Fsp3) is 0.875. The Bertz CT molecular complexity index is 149. The zero-order valence-electron chi connectivity index (χ0n) is 7.17. The van der Waals surface area contributed by atoms with Gasteiger partial charge in [-0.1, -0.05) is 6.92 Å². The van der Waals surface area contributed by atoms with Crippen molar-refractivity contribution in [2.24, 2.45) is 0 Å². The summed E-state index contributed by atoms with van der Waals surface area (Å²) in [7, 11) is 0. The van der Waals surface area contributed by atoms with Gasteiger partial charge in [-0.15, -0.1) is 0 Å². The minimum Gasteiger partial charge on any atom is -0.299 e. The Labute approximate surface area is 72.3 Å². The third kappa shape index (κ3) is 3.25. The molecule has 11 heavy (non-hydrogen) atoms. The molecule has 0 aromatic rings. The molecular weight excluding hydrogens is 158 g/mol. The number of carbonyl (C=O) groups excluding carboxylic acids is 1. The van der Waals surface area contributed by atoms with E-state index in [9.17, 15) is 4.79 Å². The van der Waals surface area contributed by atoms with E-state index < -0.39 is 0 Å². The van der Waals surface area contributed by atoms with Crippen LogP contribution in [0.25, 0.3) is 0 Å². The third-order valence-corrected chi connectivity index (χ3v) is 2.91. The Morgan fingerprint density at radius 2 is 2.45 bits per heavy atom. The highest BCUT2D eigenvalue weighted by Crippen LogP contribution is 2.17. The van der Waals surface area contributed by atoms with Crippen molar-refractivity contribution < 1.29 is 4.79 Å². The van der Waals surface area contributed by atoms with Crippen molar-refractivity contribution in [1.29, 1.82) is 0 Å². The predicted octanol–water partition coefficient (Wildman–Crippen LogP) is 1.01. The van der Waals surface area contributed by atoms with Gasteiger partial charge in [0.15, 0.2) is 0 Å². The molecule has 1 fully saturated rings. The molecule has 0 amide bonds. The van der Waals surface area contributed by atoms with Crippen molar-refractivity contribution in [2.75, 3.05) is 25.4 Å². The van der Waals surface area contributed by atoms with Gasteiger partial charge in [0.05, 0.1) is 6.54 Å². The van der Waals surface area contributed by atoms with Crippen LogP contribution in [0.3, 0.4) is 0 Å². The van der Waals surface area contributed by atoms with E-state index in [1.165, 1.54) is 5.75 Å². The number of rotatable bonds is 2. The van der Waals surface area contributed by atoms with Gasteiger partial charge in [-0.25, -0.2) is 0 Å². The van der Waals surface area contributed by atoms with Gasteiger partial charge in [-0.3, -0.25) is 9.69 Å². The molecule has 1 aliphatic rings. The maximum atomic E-state index is 10.8. The number of hydrogen-bond acceptors (Lipinski definition) is 3. The standard InChI is InChI=1S/C8H15NOS/c1-7(10)5-9-3-4-11-8(2)6-9/h8H,3-6H2,1-2H3. The molecule has 0 aromatic carbocycles. The zero-order valence-corrected chi connectivity index (χ0v) is 7.99. The Morgan fingerprint density at radius 1 is 1.73 bits per heavy atom. The summed E-state index contributed by atoms with van der Waals surface area (Å²) in [5.41, 5.74) is 0. The number of hydrogen-bond donors (Lipinski definition) is 0. The van der Waals surface area contributed by atoms with Gasteiger partial charge in [0.1, 0.15) is 5.78 Å². The van der Waals surface area contributed by atoms with Crippen molar-refractivity contribution in [1.82, 2.24) is 4.90 Å². The van der Waals surface area contributed by atoms with Crippen molar-refractivity contribution >= 4 is 17.5 Å². The summed E-state index contributed by atoms with van der Waals surface area (Å²) in [5, 5.41) is 0.697. The lowest BCUT2D eigenvalue weighted by molar-refractivity contribution is -0.118. The van der Waals surface area contributed by atoms with Gasteiger partial charge in [0.25, 0.3) is 0 Å². The highest BCUT2D eigenvalue weighted by molar-refractivity contribution is 7.99. The molecule has 0 spiro atoms. The van der Waals surface area contributed by atoms with Gasteiger partial charge in [-0.2, -0.15) is 11.8 Å². The van der Waals surface area contributed by atoms with E-state index in [2.05, 4.69) is 11.8 Å². The number of thioether (sulfide) groups is 1. The molecule has 0 N–H and O–H groups in total. The molecule has 1 aliphatic heterocycles. The summed E-state index contributed by atoms with van der Waals surface area (Å²) in [4.78, 5) is 13.0. The molecule has 0 aromatic heterocycles. The second-order valence-corrected chi connectivity index (χ2v) is 4.66. The lowest BCUT2D eigenvalue weighted by Gasteiger charge is -2.29. The van der Waals surface area contributed by atoms with Crippen LogP contribution < -0.4 is 0 Å². The van der Waals surface area contributed by atoms with Crippen LogP contribution in [-0.2, 0) is 4.79 Å². The largest absolute Gasteiger partial charge is 0.299 e. The number of ketones is 1. The van der Waals surface area contributed by atoms with Crippen LogP contribution in [0, 0.1) is 0 Å². The highest BCUT2D eigenvalue weighted by Gasteiger charge is 2.16. The van der Waals surface area contributed by atoms with Gasteiger partial charge in [0, 0.05) is 24.1 Å². The van der Waals surface area contributed by atoms with Gasteiger partial charge in [-0.05, 0) is 6.92 Å². The Hall–Kier alpha value is -0.0200. The first kappa shape index (κ1) is 9.07. The van der Waals surface area contributed by atoms with Crippen molar-refractivity contribution in [3.8, 4) is 0 Å². The van der Waals surface area contributed by atoms with Crippen LogP contribution in [0.2, 0.25) is 0 Å². The molecule has 1 atom stereocenters. The van der Waals surface area contributed by atoms with Crippen molar-refractivity contribution in [2.45, 2.75) is 19.1 Å². The lowest BCUT2D eigenvalue weighted by atomic mass is 10.3. The number of nitrogens with zero attached hydrogens (tertiary/aromatic N) is 1. The van der Waals surface area contributed by atoms with Crippen LogP contribution >= 0.6 is 11.8 Å². The van der Waals surface area contributed by atoms with Gasteiger partial charge in [0.2, 0.25) is 0 Å². The van der Waals surface area contributed by atoms with Gasteiger partial charge >= 0.3 is 0 Å². The first-order valence-electron chi connectivity index (χ1n) is 4.02. The summed E-state index contributed by atoms with van der Waals surface area (Å²) >= 11 is 2.00. The molecule has 1 heterocycles. The van der Waals surface area contributed by atoms with Gasteiger partial charge < -0.3 is 0 Å². The minimum absolute atomic E-state index is 0.282. The van der Waals surface area contributed by atoms with Crippen LogP contribution in [0.5, 0.6) is 0 Å². The Balaban J connectivity index is 2.28. The molecule has 64 valence electrons. The molecule has 3 heteroatoms. The van der Waals surface area contributed by atoms with Crippen LogP contribution in [0.1, 0.15) is 13.8 Å². The minimum atomic E-state index is 0.282. The summed E-state index contributed by atoms with van der Waals surface area (Å²) in [5.74, 6) is 1.46. The molecule has 0 aliphatic carbocycles. The summed E-state index contributed by atoms with van der Waals surface area (Å²) in [6.45, 7) is 6.67. The van der Waals surface area contributed by atoms with Crippen molar-refractivity contribution in [3.63, 3.8) is 0 Å². The summed E-state index contributed by atoms with van der Waals surface area (Å²) in [6, 6.07) is 0. The Kier molecular flexibility index (Phi) is 3.40. The van der Waals surface area contributed by atoms with Crippen LogP contribution in [0.4, 0.5) is 0 Å². The fourth-order valence-electron chi connectivity index (χ4n) is 1.35. The topological polar surface area (TPSA) is 20.3 Å². The maximum Gasteiger partial charge on any atom is 0.143 e. The summed E-state index contributed by atoms with van der Waals surface area (Å²) < 4.78 is 0.